The number of carbonyl (C=O) groups is 2. The van der Waals surface area contributed by atoms with Gasteiger partial charge in [-0.1, -0.05) is 12.1 Å². The monoisotopic (exact) mass is 404 g/mol. The van der Waals surface area contributed by atoms with Crippen molar-refractivity contribution >= 4 is 11.8 Å². The van der Waals surface area contributed by atoms with E-state index in [0.717, 1.165) is 57.0 Å². The van der Waals surface area contributed by atoms with Crippen LogP contribution in [0.3, 0.4) is 0 Å². The van der Waals surface area contributed by atoms with Crippen molar-refractivity contribution in [1.29, 1.82) is 0 Å². The molecule has 2 aliphatic rings. The molecule has 2 aliphatic heterocycles. The largest absolute Gasteiger partial charge is 0.497 e. The van der Waals surface area contributed by atoms with Crippen LogP contribution in [0, 0.1) is 0 Å². The van der Waals surface area contributed by atoms with Crippen LogP contribution in [-0.2, 0) is 14.3 Å². The number of methoxy groups -OCH3 is 1. The van der Waals surface area contributed by atoms with Crippen LogP contribution in [0.5, 0.6) is 5.75 Å². The lowest BCUT2D eigenvalue weighted by atomic mass is 10.0. The second-order valence-corrected chi connectivity index (χ2v) is 7.43. The van der Waals surface area contributed by atoms with E-state index < -0.39 is 6.04 Å². The quantitative estimate of drug-likeness (QED) is 0.653. The fourth-order valence-electron chi connectivity index (χ4n) is 4.08. The molecule has 2 heterocycles. The number of hydrogen-bond acceptors (Lipinski definition) is 6. The predicted octanol–water partition coefficient (Wildman–Crippen LogP) is 0.395. The van der Waals surface area contributed by atoms with Crippen molar-refractivity contribution in [3.8, 4) is 5.75 Å². The summed E-state index contributed by atoms with van der Waals surface area (Å²) in [5.74, 6) is 0.629. The fraction of sp³-hybridized carbons (Fsp3) is 0.619. The highest BCUT2D eigenvalue weighted by atomic mass is 16.5. The maximum atomic E-state index is 12.9. The van der Waals surface area contributed by atoms with E-state index in [4.69, 9.17) is 9.47 Å². The van der Waals surface area contributed by atoms with Gasteiger partial charge in [0.2, 0.25) is 11.8 Å². The van der Waals surface area contributed by atoms with E-state index in [1.807, 2.05) is 29.2 Å². The van der Waals surface area contributed by atoms with Crippen LogP contribution in [0.2, 0.25) is 0 Å². The molecule has 2 amide bonds. The molecule has 2 atom stereocenters. The number of rotatable bonds is 8. The first-order chi connectivity index (χ1) is 14.1. The Morgan fingerprint density at radius 3 is 2.59 bits per heavy atom. The van der Waals surface area contributed by atoms with Crippen molar-refractivity contribution in [2.75, 3.05) is 60.1 Å². The van der Waals surface area contributed by atoms with Gasteiger partial charge in [-0.2, -0.15) is 0 Å². The van der Waals surface area contributed by atoms with Crippen LogP contribution in [0.4, 0.5) is 0 Å². The van der Waals surface area contributed by atoms with Crippen molar-refractivity contribution < 1.29 is 19.1 Å². The number of amides is 2. The zero-order valence-electron chi connectivity index (χ0n) is 17.4. The summed E-state index contributed by atoms with van der Waals surface area (Å²) in [4.78, 5) is 29.9. The van der Waals surface area contributed by atoms with Crippen molar-refractivity contribution in [2.45, 2.75) is 24.9 Å². The highest BCUT2D eigenvalue weighted by Crippen LogP contribution is 2.31. The Morgan fingerprint density at radius 2 is 1.93 bits per heavy atom. The first-order valence-corrected chi connectivity index (χ1v) is 10.3. The van der Waals surface area contributed by atoms with Crippen molar-refractivity contribution in [2.24, 2.45) is 0 Å². The molecular weight excluding hydrogens is 372 g/mol. The average Bonchev–Trinajstić information content (AvgIpc) is 3.24. The number of ether oxygens (including phenoxy) is 2. The van der Waals surface area contributed by atoms with Gasteiger partial charge in [0, 0.05) is 39.8 Å². The van der Waals surface area contributed by atoms with Gasteiger partial charge in [-0.3, -0.25) is 19.4 Å². The van der Waals surface area contributed by atoms with Crippen molar-refractivity contribution in [3.05, 3.63) is 29.8 Å². The van der Waals surface area contributed by atoms with E-state index in [1.165, 1.54) is 0 Å². The lowest BCUT2D eigenvalue weighted by Gasteiger charge is -2.32. The van der Waals surface area contributed by atoms with E-state index in [-0.39, 0.29) is 17.9 Å². The summed E-state index contributed by atoms with van der Waals surface area (Å²) in [6.07, 6.45) is 1.65. The first kappa shape index (κ1) is 21.5. The molecule has 1 aromatic rings. The van der Waals surface area contributed by atoms with Gasteiger partial charge < -0.3 is 20.1 Å². The number of hydrogen-bond donors (Lipinski definition) is 2. The molecule has 0 unspecified atom stereocenters. The van der Waals surface area contributed by atoms with Gasteiger partial charge in [-0.05, 0) is 30.5 Å². The molecule has 0 aliphatic carbocycles. The minimum Gasteiger partial charge on any atom is -0.497 e. The molecule has 8 heteroatoms. The number of likely N-dealkylation sites (tertiary alicyclic amines) is 1. The topological polar surface area (TPSA) is 83.1 Å². The summed E-state index contributed by atoms with van der Waals surface area (Å²) in [5.41, 5.74) is 0.859. The molecule has 29 heavy (non-hydrogen) atoms. The van der Waals surface area contributed by atoms with Gasteiger partial charge in [0.05, 0.1) is 26.4 Å². The Balaban J connectivity index is 1.64. The number of nitrogens with one attached hydrogen (secondary N) is 2. The zero-order valence-corrected chi connectivity index (χ0v) is 17.4. The molecule has 2 saturated heterocycles. The third-order valence-electron chi connectivity index (χ3n) is 5.69. The summed E-state index contributed by atoms with van der Waals surface area (Å²) >= 11 is 0. The number of nitrogens with zero attached hydrogens (tertiary/aromatic N) is 2. The third-order valence-corrected chi connectivity index (χ3v) is 5.69. The Morgan fingerprint density at radius 1 is 1.21 bits per heavy atom. The van der Waals surface area contributed by atoms with Crippen LogP contribution in [0.15, 0.2) is 24.3 Å². The van der Waals surface area contributed by atoms with Gasteiger partial charge in [-0.25, -0.2) is 0 Å². The van der Waals surface area contributed by atoms with E-state index in [0.29, 0.717) is 13.1 Å². The van der Waals surface area contributed by atoms with Crippen LogP contribution < -0.4 is 15.4 Å². The predicted molar refractivity (Wildman–Crippen MR) is 110 cm³/mol. The Kier molecular flexibility index (Phi) is 7.85. The summed E-state index contributed by atoms with van der Waals surface area (Å²) in [5, 5.41) is 5.82. The highest BCUT2D eigenvalue weighted by Gasteiger charge is 2.39. The zero-order chi connectivity index (χ0) is 20.6. The molecule has 0 spiro atoms. The van der Waals surface area contributed by atoms with Crippen LogP contribution in [0.25, 0.3) is 0 Å². The maximum absolute atomic E-state index is 12.9. The Labute approximate surface area is 172 Å². The van der Waals surface area contributed by atoms with E-state index >= 15 is 0 Å². The van der Waals surface area contributed by atoms with Crippen LogP contribution >= 0.6 is 0 Å². The average molecular weight is 405 g/mol. The number of benzene rings is 1. The summed E-state index contributed by atoms with van der Waals surface area (Å²) in [6.45, 7) is 5.45. The fourth-order valence-corrected chi connectivity index (χ4v) is 4.08. The Bertz CT molecular complexity index is 676. The molecule has 8 nitrogen and oxygen atoms in total. The number of carbonyl (C=O) groups excluding carboxylic acids is 2. The summed E-state index contributed by atoms with van der Waals surface area (Å²) in [7, 11) is 3.25. The molecule has 2 fully saturated rings. The summed E-state index contributed by atoms with van der Waals surface area (Å²) in [6, 6.07) is 6.68. The first-order valence-electron chi connectivity index (χ1n) is 10.3. The molecule has 160 valence electrons. The van der Waals surface area contributed by atoms with E-state index in [1.54, 1.807) is 14.2 Å². The van der Waals surface area contributed by atoms with Gasteiger partial charge in [0.1, 0.15) is 11.8 Å². The molecule has 3 rings (SSSR count). The van der Waals surface area contributed by atoms with Gasteiger partial charge in [-0.15, -0.1) is 0 Å². The van der Waals surface area contributed by atoms with Gasteiger partial charge >= 0.3 is 0 Å². The lowest BCUT2D eigenvalue weighted by molar-refractivity contribution is -0.131. The lowest BCUT2D eigenvalue weighted by Crippen LogP contribution is -2.50. The van der Waals surface area contributed by atoms with E-state index in [2.05, 4.69) is 15.5 Å². The number of likely N-dealkylation sites (N-methyl/N-ethyl adjacent to an activating group) is 1. The molecule has 0 bridgehead atoms. The number of morpholine rings is 1. The maximum Gasteiger partial charge on any atom is 0.241 e. The SMILES string of the molecule is CNC(=O)[C@@H](c1ccc(OC)cc1)N1CCC[C@H]1C(=O)NCCN1CCOCC1. The van der Waals surface area contributed by atoms with Crippen molar-refractivity contribution in [3.63, 3.8) is 0 Å². The Hall–Kier alpha value is -2.16. The standard InChI is InChI=1S/C21H32N4O4/c1-22-21(27)19(16-5-7-17(28-2)8-6-16)25-10-3-4-18(25)20(26)23-9-11-24-12-14-29-15-13-24/h5-8,18-19H,3-4,9-15H2,1-2H3,(H,22,27)(H,23,26)/t18-,19+/m0/s1. The van der Waals surface area contributed by atoms with Gasteiger partial charge in [0.25, 0.3) is 0 Å². The molecule has 2 N–H and O–H groups in total. The molecule has 1 aromatic carbocycles. The molecular formula is C21H32N4O4. The molecule has 0 aromatic heterocycles. The third kappa shape index (κ3) is 5.46. The van der Waals surface area contributed by atoms with Crippen LogP contribution in [0.1, 0.15) is 24.4 Å². The van der Waals surface area contributed by atoms with Crippen molar-refractivity contribution in [1.82, 2.24) is 20.4 Å². The second kappa shape index (κ2) is 10.6. The normalized spacial score (nSPS) is 21.5. The molecule has 0 radical (unpaired) electrons. The highest BCUT2D eigenvalue weighted by molar-refractivity contribution is 5.86. The van der Waals surface area contributed by atoms with E-state index in [9.17, 15) is 9.59 Å². The van der Waals surface area contributed by atoms with Crippen LogP contribution in [-0.4, -0.2) is 87.8 Å². The van der Waals surface area contributed by atoms with Gasteiger partial charge in [0.15, 0.2) is 0 Å². The minimum absolute atomic E-state index is 0.00169. The second-order valence-electron chi connectivity index (χ2n) is 7.43. The minimum atomic E-state index is -0.497. The summed E-state index contributed by atoms with van der Waals surface area (Å²) < 4.78 is 10.6. The molecule has 0 saturated carbocycles. The smallest absolute Gasteiger partial charge is 0.241 e.